The summed E-state index contributed by atoms with van der Waals surface area (Å²) in [6, 6.07) is 7.77. The number of fused-ring (bicyclic) bond motifs is 1. The lowest BCUT2D eigenvalue weighted by Gasteiger charge is -2.59. The highest BCUT2D eigenvalue weighted by atomic mass is 16.7. The number of para-hydroxylation sites is 1. The highest BCUT2D eigenvalue weighted by Gasteiger charge is 2.53. The summed E-state index contributed by atoms with van der Waals surface area (Å²) in [5.74, 6) is 2.59. The quantitative estimate of drug-likeness (QED) is 0.896. The lowest BCUT2D eigenvalue weighted by molar-refractivity contribution is -0.130. The maximum atomic E-state index is 12.5. The fourth-order valence-corrected chi connectivity index (χ4v) is 6.21. The topological polar surface area (TPSA) is 69.0 Å². The van der Waals surface area contributed by atoms with Gasteiger partial charge in [-0.15, -0.1) is 5.10 Å². The van der Waals surface area contributed by atoms with E-state index in [2.05, 4.69) is 22.6 Å². The van der Waals surface area contributed by atoms with Crippen molar-refractivity contribution in [3.05, 3.63) is 24.3 Å². The SMILES string of the molecule is C[C@@H](NC(=O)COn1nnc2ccccc21)C12CC3CC(CC(C3)C1)C2. The molecule has 4 aliphatic rings. The molecule has 1 atom stereocenters. The van der Waals surface area contributed by atoms with E-state index in [4.69, 9.17) is 4.84 Å². The standard InChI is InChI=1S/C20H26N4O2/c1-13(20-9-14-6-15(10-20)8-16(7-14)11-20)21-19(25)12-26-24-18-5-3-2-4-17(18)22-23-24/h2-5,13-16H,6-12H2,1H3,(H,21,25)/t13-,14?,15?,16?,20?/m1/s1. The van der Waals surface area contributed by atoms with Crippen LogP contribution in [0.2, 0.25) is 0 Å². The number of hydrogen-bond acceptors (Lipinski definition) is 4. The lowest BCUT2D eigenvalue weighted by atomic mass is 9.48. The molecule has 6 rings (SSSR count). The highest BCUT2D eigenvalue weighted by Crippen LogP contribution is 2.61. The normalized spacial score (nSPS) is 33.3. The molecule has 4 aliphatic carbocycles. The van der Waals surface area contributed by atoms with Crippen LogP contribution in [0.25, 0.3) is 11.0 Å². The first-order valence-electron chi connectivity index (χ1n) is 9.84. The molecule has 1 aromatic carbocycles. The molecule has 138 valence electrons. The van der Waals surface area contributed by atoms with Gasteiger partial charge < -0.3 is 10.2 Å². The molecule has 0 saturated heterocycles. The Morgan fingerprint density at radius 2 is 1.88 bits per heavy atom. The van der Waals surface area contributed by atoms with Crippen molar-refractivity contribution in [2.24, 2.45) is 23.2 Å². The number of carbonyl (C=O) groups excluding carboxylic acids is 1. The number of benzene rings is 1. The van der Waals surface area contributed by atoms with Crippen molar-refractivity contribution in [1.82, 2.24) is 20.5 Å². The number of carbonyl (C=O) groups is 1. The van der Waals surface area contributed by atoms with Gasteiger partial charge >= 0.3 is 0 Å². The van der Waals surface area contributed by atoms with Crippen molar-refractivity contribution in [3.8, 4) is 0 Å². The maximum Gasteiger partial charge on any atom is 0.261 e. The molecule has 1 amide bonds. The molecule has 4 saturated carbocycles. The molecule has 26 heavy (non-hydrogen) atoms. The largest absolute Gasteiger partial charge is 0.385 e. The van der Waals surface area contributed by atoms with Gasteiger partial charge in [-0.1, -0.05) is 17.0 Å². The number of aromatic nitrogens is 3. The van der Waals surface area contributed by atoms with E-state index >= 15 is 0 Å². The Kier molecular flexibility index (Phi) is 3.69. The van der Waals surface area contributed by atoms with E-state index in [1.54, 1.807) is 0 Å². The van der Waals surface area contributed by atoms with Crippen LogP contribution in [0, 0.1) is 23.2 Å². The van der Waals surface area contributed by atoms with Crippen LogP contribution < -0.4 is 10.2 Å². The molecule has 4 fully saturated rings. The summed E-state index contributed by atoms with van der Waals surface area (Å²) >= 11 is 0. The van der Waals surface area contributed by atoms with Crippen molar-refractivity contribution in [2.75, 3.05) is 6.61 Å². The molecule has 0 radical (unpaired) electrons. The van der Waals surface area contributed by atoms with E-state index < -0.39 is 0 Å². The minimum atomic E-state index is -0.0761. The third-order valence-electron chi connectivity index (χ3n) is 7.02. The second-order valence-corrected chi connectivity index (χ2v) is 8.79. The number of amides is 1. The van der Waals surface area contributed by atoms with Gasteiger partial charge in [-0.25, -0.2) is 0 Å². The molecule has 1 heterocycles. The first kappa shape index (κ1) is 16.1. The second-order valence-electron chi connectivity index (χ2n) is 8.79. The van der Waals surface area contributed by atoms with E-state index in [-0.39, 0.29) is 18.6 Å². The number of rotatable bonds is 5. The van der Waals surface area contributed by atoms with Gasteiger partial charge in [-0.05, 0) is 86.0 Å². The van der Waals surface area contributed by atoms with Crippen LogP contribution in [-0.4, -0.2) is 33.7 Å². The molecule has 6 heteroatoms. The third-order valence-corrected chi connectivity index (χ3v) is 7.02. The van der Waals surface area contributed by atoms with Crippen LogP contribution in [0.3, 0.4) is 0 Å². The summed E-state index contributed by atoms with van der Waals surface area (Å²) < 4.78 is 0. The second kappa shape index (κ2) is 5.96. The highest BCUT2D eigenvalue weighted by molar-refractivity contribution is 5.78. The van der Waals surface area contributed by atoms with E-state index in [0.717, 1.165) is 28.8 Å². The summed E-state index contributed by atoms with van der Waals surface area (Å²) in [4.78, 5) is 19.4. The molecule has 0 aliphatic heterocycles. The monoisotopic (exact) mass is 354 g/mol. The van der Waals surface area contributed by atoms with Gasteiger partial charge in [0.2, 0.25) is 0 Å². The van der Waals surface area contributed by atoms with Gasteiger partial charge in [-0.2, -0.15) is 0 Å². The fourth-order valence-electron chi connectivity index (χ4n) is 6.21. The Hall–Kier alpha value is -2.11. The Balaban J connectivity index is 1.22. The predicted octanol–water partition coefficient (Wildman–Crippen LogP) is 2.58. The van der Waals surface area contributed by atoms with Crippen molar-refractivity contribution in [2.45, 2.75) is 51.5 Å². The fraction of sp³-hybridized carbons (Fsp3) is 0.650. The summed E-state index contributed by atoms with van der Waals surface area (Å²) in [5, 5.41) is 11.2. The molecule has 4 bridgehead atoms. The van der Waals surface area contributed by atoms with Gasteiger partial charge in [-0.3, -0.25) is 4.79 Å². The minimum Gasteiger partial charge on any atom is -0.385 e. The molecular formula is C20H26N4O2. The van der Waals surface area contributed by atoms with Crippen LogP contribution in [0.5, 0.6) is 0 Å². The summed E-state index contributed by atoms with van der Waals surface area (Å²) in [5.41, 5.74) is 1.84. The number of hydrogen-bond donors (Lipinski definition) is 1. The number of nitrogens with one attached hydrogen (secondary N) is 1. The molecule has 2 aromatic rings. The van der Waals surface area contributed by atoms with Crippen LogP contribution in [0.1, 0.15) is 45.4 Å². The van der Waals surface area contributed by atoms with Crippen molar-refractivity contribution in [3.63, 3.8) is 0 Å². The van der Waals surface area contributed by atoms with Gasteiger partial charge in [0.15, 0.2) is 6.61 Å². The van der Waals surface area contributed by atoms with Gasteiger partial charge in [0.05, 0.1) is 0 Å². The van der Waals surface area contributed by atoms with Gasteiger partial charge in [0, 0.05) is 6.04 Å². The maximum absolute atomic E-state index is 12.5. The Morgan fingerprint density at radius 1 is 1.23 bits per heavy atom. The Bertz CT molecular complexity index is 795. The molecule has 0 unspecified atom stereocenters. The average molecular weight is 354 g/mol. The van der Waals surface area contributed by atoms with Crippen LogP contribution in [-0.2, 0) is 4.79 Å². The number of nitrogens with zero attached hydrogens (tertiary/aromatic N) is 3. The zero-order valence-corrected chi connectivity index (χ0v) is 15.2. The zero-order valence-electron chi connectivity index (χ0n) is 15.2. The van der Waals surface area contributed by atoms with Crippen LogP contribution in [0.4, 0.5) is 0 Å². The molecule has 0 spiro atoms. The molecule has 1 aromatic heterocycles. The van der Waals surface area contributed by atoms with Gasteiger partial charge in [0.25, 0.3) is 5.91 Å². The van der Waals surface area contributed by atoms with Gasteiger partial charge in [0.1, 0.15) is 11.0 Å². The first-order chi connectivity index (χ1) is 12.6. The van der Waals surface area contributed by atoms with Crippen molar-refractivity contribution < 1.29 is 9.63 Å². The van der Waals surface area contributed by atoms with Crippen LogP contribution >= 0.6 is 0 Å². The Morgan fingerprint density at radius 3 is 2.58 bits per heavy atom. The molecule has 6 nitrogen and oxygen atoms in total. The molecule has 1 N–H and O–H groups in total. The zero-order chi connectivity index (χ0) is 17.7. The predicted molar refractivity (Wildman–Crippen MR) is 97.2 cm³/mol. The van der Waals surface area contributed by atoms with Crippen molar-refractivity contribution >= 4 is 16.9 Å². The Labute approximate surface area is 153 Å². The first-order valence-corrected chi connectivity index (χ1v) is 9.84. The average Bonchev–Trinajstić information content (AvgIpc) is 3.02. The van der Waals surface area contributed by atoms with E-state index in [9.17, 15) is 4.79 Å². The summed E-state index contributed by atoms with van der Waals surface area (Å²) in [6.45, 7) is 2.15. The van der Waals surface area contributed by atoms with E-state index in [1.165, 1.54) is 43.4 Å². The molecular weight excluding hydrogens is 328 g/mol. The van der Waals surface area contributed by atoms with Crippen LogP contribution in [0.15, 0.2) is 24.3 Å². The summed E-state index contributed by atoms with van der Waals surface area (Å²) in [7, 11) is 0. The smallest absolute Gasteiger partial charge is 0.261 e. The van der Waals surface area contributed by atoms with E-state index in [1.807, 2.05) is 24.3 Å². The van der Waals surface area contributed by atoms with Crippen molar-refractivity contribution in [1.29, 1.82) is 0 Å². The minimum absolute atomic E-state index is 0.0376. The lowest BCUT2D eigenvalue weighted by Crippen LogP contribution is -2.56. The van der Waals surface area contributed by atoms with E-state index in [0.29, 0.717) is 5.41 Å². The third kappa shape index (κ3) is 2.66. The summed E-state index contributed by atoms with van der Waals surface area (Å²) in [6.07, 6.45) is 8.12.